The number of halogens is 3. The number of carbonyl (C=O) groups excluding carboxylic acids is 1. The first-order chi connectivity index (χ1) is 17.5. The summed E-state index contributed by atoms with van der Waals surface area (Å²) in [6, 6.07) is 2.07. The first kappa shape index (κ1) is 26.6. The summed E-state index contributed by atoms with van der Waals surface area (Å²) in [5, 5.41) is 16.3. The number of carbonyl (C=O) groups is 2. The van der Waals surface area contributed by atoms with E-state index >= 15 is 0 Å². The molecule has 0 aromatic carbocycles. The number of anilines is 1. The smallest absolute Gasteiger partial charge is 0.433 e. The van der Waals surface area contributed by atoms with E-state index in [9.17, 15) is 27.9 Å². The molecule has 2 N–H and O–H groups in total. The Morgan fingerprint density at radius 2 is 1.97 bits per heavy atom. The number of piperidine rings is 1. The van der Waals surface area contributed by atoms with Crippen LogP contribution in [0.25, 0.3) is 0 Å². The molecule has 2 aromatic rings. The lowest BCUT2D eigenvalue weighted by Crippen LogP contribution is -2.56. The van der Waals surface area contributed by atoms with Crippen LogP contribution in [0.2, 0.25) is 0 Å². The number of aromatic nitrogens is 3. The van der Waals surface area contributed by atoms with E-state index in [1.807, 2.05) is 19.0 Å². The Morgan fingerprint density at radius 1 is 1.27 bits per heavy atom. The van der Waals surface area contributed by atoms with E-state index in [1.54, 1.807) is 4.90 Å². The van der Waals surface area contributed by atoms with Crippen molar-refractivity contribution in [2.24, 2.45) is 5.41 Å². The standard InChI is InChI=1S/C23H30F3N7O4/c1-31(2)10-7-27-19(34)17-11-16(37-30-17)14-33(21(35)36)15-12-22(13-15)4-8-32(9-5-22)20-28-6-3-18(29-20)23(24,25)26/h3,6,11,15H,4-5,7-10,12-14H2,1-2H3,(H,27,34)(H,35,36). The Kier molecular flexibility index (Phi) is 7.57. The lowest BCUT2D eigenvalue weighted by molar-refractivity contribution is -0.141. The van der Waals surface area contributed by atoms with Gasteiger partial charge < -0.3 is 24.7 Å². The lowest BCUT2D eigenvalue weighted by atomic mass is 9.60. The number of carboxylic acid groups (broad SMARTS) is 1. The van der Waals surface area contributed by atoms with Crippen molar-refractivity contribution in [3.8, 4) is 0 Å². The van der Waals surface area contributed by atoms with Crippen LogP contribution in [0, 0.1) is 5.41 Å². The molecule has 11 nitrogen and oxygen atoms in total. The number of nitrogens with one attached hydrogen (secondary N) is 1. The second-order valence-electron chi connectivity index (χ2n) is 9.94. The Morgan fingerprint density at radius 3 is 2.59 bits per heavy atom. The maximum Gasteiger partial charge on any atom is 0.433 e. The number of likely N-dealkylation sites (N-methyl/N-ethyl adjacent to an activating group) is 1. The van der Waals surface area contributed by atoms with E-state index < -0.39 is 23.9 Å². The lowest BCUT2D eigenvalue weighted by Gasteiger charge is -2.54. The van der Waals surface area contributed by atoms with Gasteiger partial charge in [-0.25, -0.2) is 14.8 Å². The van der Waals surface area contributed by atoms with E-state index in [0.717, 1.165) is 12.3 Å². The van der Waals surface area contributed by atoms with Crippen LogP contribution in [0.5, 0.6) is 0 Å². The zero-order chi connectivity index (χ0) is 26.8. The van der Waals surface area contributed by atoms with Crippen molar-refractivity contribution in [1.82, 2.24) is 30.2 Å². The van der Waals surface area contributed by atoms with Crippen LogP contribution in [0.15, 0.2) is 22.9 Å². The fourth-order valence-corrected chi connectivity index (χ4v) is 4.91. The third-order valence-corrected chi connectivity index (χ3v) is 7.03. The molecule has 2 amide bonds. The molecule has 37 heavy (non-hydrogen) atoms. The van der Waals surface area contributed by atoms with Crippen LogP contribution in [0.3, 0.4) is 0 Å². The molecule has 14 heteroatoms. The minimum Gasteiger partial charge on any atom is -0.465 e. The Bertz CT molecular complexity index is 1110. The molecular formula is C23H30F3N7O4. The molecule has 1 saturated carbocycles. The number of alkyl halides is 3. The van der Waals surface area contributed by atoms with Crippen molar-refractivity contribution < 1.29 is 32.4 Å². The molecule has 0 bridgehead atoms. The highest BCUT2D eigenvalue weighted by Crippen LogP contribution is 2.51. The summed E-state index contributed by atoms with van der Waals surface area (Å²) in [7, 11) is 3.78. The van der Waals surface area contributed by atoms with Gasteiger partial charge in [-0.15, -0.1) is 0 Å². The van der Waals surface area contributed by atoms with Gasteiger partial charge >= 0.3 is 12.3 Å². The van der Waals surface area contributed by atoms with Gasteiger partial charge in [0.25, 0.3) is 5.91 Å². The van der Waals surface area contributed by atoms with Gasteiger partial charge in [0.15, 0.2) is 11.5 Å². The number of hydrogen-bond acceptors (Lipinski definition) is 8. The summed E-state index contributed by atoms with van der Waals surface area (Å²) in [6.45, 7) is 2.07. The highest BCUT2D eigenvalue weighted by molar-refractivity contribution is 5.92. The summed E-state index contributed by atoms with van der Waals surface area (Å²) in [4.78, 5) is 36.8. The Hall–Kier alpha value is -3.42. The van der Waals surface area contributed by atoms with Crippen molar-refractivity contribution >= 4 is 17.9 Å². The summed E-state index contributed by atoms with van der Waals surface area (Å²) in [5.41, 5.74) is -0.955. The van der Waals surface area contributed by atoms with Gasteiger partial charge in [-0.3, -0.25) is 9.69 Å². The molecule has 1 aliphatic heterocycles. The molecule has 4 rings (SSSR count). The molecule has 1 spiro atoms. The van der Waals surface area contributed by atoms with Crippen molar-refractivity contribution in [3.05, 3.63) is 35.5 Å². The molecule has 3 heterocycles. The van der Waals surface area contributed by atoms with Gasteiger partial charge in [-0.05, 0) is 51.3 Å². The number of hydrogen-bond donors (Lipinski definition) is 2. The maximum absolute atomic E-state index is 13.0. The van der Waals surface area contributed by atoms with E-state index in [2.05, 4.69) is 20.4 Å². The maximum atomic E-state index is 13.0. The van der Waals surface area contributed by atoms with Gasteiger partial charge in [0.05, 0.1) is 6.54 Å². The second-order valence-corrected chi connectivity index (χ2v) is 9.94. The molecular weight excluding hydrogens is 495 g/mol. The van der Waals surface area contributed by atoms with Gasteiger partial charge in [-0.1, -0.05) is 5.16 Å². The Labute approximate surface area is 211 Å². The number of nitrogens with zero attached hydrogens (tertiary/aromatic N) is 6. The van der Waals surface area contributed by atoms with E-state index in [4.69, 9.17) is 4.52 Å². The van der Waals surface area contributed by atoms with Crippen molar-refractivity contribution in [2.45, 2.75) is 44.4 Å². The fourth-order valence-electron chi connectivity index (χ4n) is 4.91. The van der Waals surface area contributed by atoms with Crippen LogP contribution in [-0.2, 0) is 12.7 Å². The predicted octanol–water partition coefficient (Wildman–Crippen LogP) is 2.70. The zero-order valence-electron chi connectivity index (χ0n) is 20.7. The van der Waals surface area contributed by atoms with Crippen LogP contribution in [-0.4, -0.2) is 88.3 Å². The topological polar surface area (TPSA) is 128 Å². The average Bonchev–Trinajstić information content (AvgIpc) is 3.29. The minimum atomic E-state index is -4.53. The van der Waals surface area contributed by atoms with Crippen LogP contribution in [0.1, 0.15) is 47.6 Å². The van der Waals surface area contributed by atoms with Gasteiger partial charge in [0.2, 0.25) is 5.95 Å². The van der Waals surface area contributed by atoms with Crippen molar-refractivity contribution in [2.75, 3.05) is 45.2 Å². The molecule has 0 radical (unpaired) electrons. The predicted molar refractivity (Wildman–Crippen MR) is 125 cm³/mol. The fraction of sp³-hybridized carbons (Fsp3) is 0.609. The molecule has 2 fully saturated rings. The molecule has 2 aromatic heterocycles. The summed E-state index contributed by atoms with van der Waals surface area (Å²) >= 11 is 0. The second kappa shape index (κ2) is 10.5. The SMILES string of the molecule is CN(C)CCNC(=O)c1cc(CN(C(=O)O)C2CC3(CCN(c4nccc(C(F)(F)F)n4)CC3)C2)on1. The quantitative estimate of drug-likeness (QED) is 0.535. The largest absolute Gasteiger partial charge is 0.465 e. The molecule has 1 saturated heterocycles. The summed E-state index contributed by atoms with van der Waals surface area (Å²) in [5.74, 6) is -0.0601. The van der Waals surface area contributed by atoms with Crippen molar-refractivity contribution in [3.63, 3.8) is 0 Å². The Balaban J connectivity index is 1.30. The monoisotopic (exact) mass is 525 g/mol. The van der Waals surface area contributed by atoms with Gasteiger partial charge in [-0.2, -0.15) is 13.2 Å². The highest BCUT2D eigenvalue weighted by atomic mass is 19.4. The highest BCUT2D eigenvalue weighted by Gasteiger charge is 2.49. The van der Waals surface area contributed by atoms with Gasteiger partial charge in [0, 0.05) is 44.5 Å². The first-order valence-corrected chi connectivity index (χ1v) is 12.0. The third kappa shape index (κ3) is 6.29. The normalized spacial score (nSPS) is 17.6. The minimum absolute atomic E-state index is 0.0295. The zero-order valence-corrected chi connectivity index (χ0v) is 20.7. The summed E-state index contributed by atoms with van der Waals surface area (Å²) in [6.07, 6.45) is -1.82. The molecule has 0 unspecified atom stereocenters. The molecule has 202 valence electrons. The summed E-state index contributed by atoms with van der Waals surface area (Å²) < 4.78 is 44.2. The molecule has 1 aliphatic carbocycles. The van der Waals surface area contributed by atoms with Crippen molar-refractivity contribution in [1.29, 1.82) is 0 Å². The van der Waals surface area contributed by atoms with Crippen LogP contribution in [0.4, 0.5) is 23.9 Å². The van der Waals surface area contributed by atoms with Crippen LogP contribution >= 0.6 is 0 Å². The third-order valence-electron chi connectivity index (χ3n) is 7.03. The van der Waals surface area contributed by atoms with E-state index in [1.165, 1.54) is 11.0 Å². The first-order valence-electron chi connectivity index (χ1n) is 12.0. The van der Waals surface area contributed by atoms with E-state index in [0.29, 0.717) is 51.9 Å². The number of amides is 2. The molecule has 0 atom stereocenters. The number of rotatable bonds is 8. The molecule has 2 aliphatic rings. The van der Waals surface area contributed by atoms with Crippen LogP contribution < -0.4 is 10.2 Å². The van der Waals surface area contributed by atoms with E-state index in [-0.39, 0.29) is 35.4 Å². The van der Waals surface area contributed by atoms with Gasteiger partial charge in [0.1, 0.15) is 5.69 Å². The average molecular weight is 526 g/mol.